The minimum absolute atomic E-state index is 0.00913. The summed E-state index contributed by atoms with van der Waals surface area (Å²) in [6.07, 6.45) is 0. The van der Waals surface area contributed by atoms with E-state index in [0.717, 1.165) is 15.7 Å². The van der Waals surface area contributed by atoms with E-state index >= 15 is 0 Å². The number of thiazole rings is 1. The fourth-order valence-corrected chi connectivity index (χ4v) is 2.30. The number of aromatic nitrogens is 1. The van der Waals surface area contributed by atoms with E-state index in [-0.39, 0.29) is 5.78 Å². The predicted molar refractivity (Wildman–Crippen MR) is 66.6 cm³/mol. The molecule has 0 aliphatic carbocycles. The molecule has 16 heavy (non-hydrogen) atoms. The molecule has 1 N–H and O–H groups in total. The standard InChI is InChI=1S/C12H12N2OS/c1-8(15)11-9(2)16-12(14-11)13-10-6-4-3-5-7-10/h3-7H,1-2H3,(H,13,14). The summed E-state index contributed by atoms with van der Waals surface area (Å²) < 4.78 is 0. The van der Waals surface area contributed by atoms with Crippen molar-refractivity contribution in [2.45, 2.75) is 13.8 Å². The zero-order valence-electron chi connectivity index (χ0n) is 9.15. The number of aryl methyl sites for hydroxylation is 1. The zero-order valence-corrected chi connectivity index (χ0v) is 9.97. The molecule has 82 valence electrons. The molecule has 3 nitrogen and oxygen atoms in total. The minimum atomic E-state index is 0.00913. The van der Waals surface area contributed by atoms with E-state index in [0.29, 0.717) is 5.69 Å². The van der Waals surface area contributed by atoms with Crippen LogP contribution in [-0.2, 0) is 0 Å². The Morgan fingerprint density at radius 3 is 2.56 bits per heavy atom. The van der Waals surface area contributed by atoms with Crippen molar-refractivity contribution in [1.29, 1.82) is 0 Å². The number of para-hydroxylation sites is 1. The highest BCUT2D eigenvalue weighted by Gasteiger charge is 2.11. The Hall–Kier alpha value is -1.68. The van der Waals surface area contributed by atoms with Crippen LogP contribution in [0.5, 0.6) is 0 Å². The van der Waals surface area contributed by atoms with Gasteiger partial charge in [-0.25, -0.2) is 4.98 Å². The van der Waals surface area contributed by atoms with E-state index in [1.807, 2.05) is 37.3 Å². The maximum atomic E-state index is 11.2. The Kier molecular flexibility index (Phi) is 3.01. The van der Waals surface area contributed by atoms with Gasteiger partial charge in [0, 0.05) is 17.5 Å². The molecule has 0 amide bonds. The highest BCUT2D eigenvalue weighted by Crippen LogP contribution is 2.25. The molecule has 1 aromatic heterocycles. The average Bonchev–Trinajstić information content (AvgIpc) is 2.61. The number of benzene rings is 1. The predicted octanol–water partition coefficient (Wildman–Crippen LogP) is 3.40. The van der Waals surface area contributed by atoms with Gasteiger partial charge in [-0.05, 0) is 19.1 Å². The average molecular weight is 232 g/mol. The Labute approximate surface area is 98.2 Å². The number of hydrogen-bond donors (Lipinski definition) is 1. The fourth-order valence-electron chi connectivity index (χ4n) is 1.42. The van der Waals surface area contributed by atoms with Crippen LogP contribution in [0.15, 0.2) is 30.3 Å². The SMILES string of the molecule is CC(=O)c1nc(Nc2ccccc2)sc1C. The molecule has 0 atom stereocenters. The van der Waals surface area contributed by atoms with Gasteiger partial charge in [-0.3, -0.25) is 4.79 Å². The maximum Gasteiger partial charge on any atom is 0.188 e. The number of ketones is 1. The summed E-state index contributed by atoms with van der Waals surface area (Å²) in [5.74, 6) is 0.00913. The summed E-state index contributed by atoms with van der Waals surface area (Å²) in [6.45, 7) is 3.44. The molecule has 0 bridgehead atoms. The van der Waals surface area contributed by atoms with Crippen LogP contribution in [0.1, 0.15) is 22.3 Å². The van der Waals surface area contributed by atoms with Gasteiger partial charge in [0.05, 0.1) is 0 Å². The first-order valence-corrected chi connectivity index (χ1v) is 5.79. The van der Waals surface area contributed by atoms with Gasteiger partial charge in [-0.15, -0.1) is 11.3 Å². The number of anilines is 2. The van der Waals surface area contributed by atoms with Crippen molar-refractivity contribution in [1.82, 2.24) is 4.98 Å². The second kappa shape index (κ2) is 4.45. The first-order valence-electron chi connectivity index (χ1n) is 4.97. The molecule has 0 fully saturated rings. The quantitative estimate of drug-likeness (QED) is 0.825. The van der Waals surface area contributed by atoms with E-state index in [1.165, 1.54) is 18.3 Å². The fraction of sp³-hybridized carbons (Fsp3) is 0.167. The summed E-state index contributed by atoms with van der Waals surface area (Å²) in [6, 6.07) is 9.79. The molecule has 0 unspecified atom stereocenters. The van der Waals surface area contributed by atoms with Gasteiger partial charge < -0.3 is 5.32 Å². The Balaban J connectivity index is 2.23. The van der Waals surface area contributed by atoms with Crippen molar-refractivity contribution >= 4 is 27.9 Å². The van der Waals surface area contributed by atoms with Crippen molar-refractivity contribution in [3.05, 3.63) is 40.9 Å². The number of carbonyl (C=O) groups excluding carboxylic acids is 1. The lowest BCUT2D eigenvalue weighted by atomic mass is 10.3. The summed E-state index contributed by atoms with van der Waals surface area (Å²) in [7, 11) is 0. The lowest BCUT2D eigenvalue weighted by Gasteiger charge is -2.00. The second-order valence-corrected chi connectivity index (χ2v) is 4.67. The molecule has 2 aromatic rings. The number of Topliss-reactive ketones (excluding diaryl/α,β-unsaturated/α-hetero) is 1. The molecule has 0 aliphatic rings. The Morgan fingerprint density at radius 2 is 2.00 bits per heavy atom. The van der Waals surface area contributed by atoms with Gasteiger partial charge >= 0.3 is 0 Å². The number of rotatable bonds is 3. The van der Waals surface area contributed by atoms with E-state index in [4.69, 9.17) is 0 Å². The highest BCUT2D eigenvalue weighted by atomic mass is 32.1. The van der Waals surface area contributed by atoms with E-state index in [9.17, 15) is 4.79 Å². The number of nitrogens with one attached hydrogen (secondary N) is 1. The first-order chi connectivity index (χ1) is 7.66. The third kappa shape index (κ3) is 2.28. The topological polar surface area (TPSA) is 42.0 Å². The van der Waals surface area contributed by atoms with Crippen molar-refractivity contribution in [3.8, 4) is 0 Å². The van der Waals surface area contributed by atoms with Crippen LogP contribution in [0.3, 0.4) is 0 Å². The molecule has 0 radical (unpaired) electrons. The van der Waals surface area contributed by atoms with Crippen molar-refractivity contribution in [3.63, 3.8) is 0 Å². The number of hydrogen-bond acceptors (Lipinski definition) is 4. The summed E-state index contributed by atoms with van der Waals surface area (Å²) in [5.41, 5.74) is 1.54. The summed E-state index contributed by atoms with van der Waals surface area (Å²) in [4.78, 5) is 16.5. The van der Waals surface area contributed by atoms with Crippen LogP contribution in [0.2, 0.25) is 0 Å². The van der Waals surface area contributed by atoms with Gasteiger partial charge in [0.15, 0.2) is 10.9 Å². The largest absolute Gasteiger partial charge is 0.332 e. The van der Waals surface area contributed by atoms with E-state index in [2.05, 4.69) is 10.3 Å². The van der Waals surface area contributed by atoms with Crippen molar-refractivity contribution < 1.29 is 4.79 Å². The van der Waals surface area contributed by atoms with Crippen molar-refractivity contribution in [2.75, 3.05) is 5.32 Å². The maximum absolute atomic E-state index is 11.2. The number of nitrogens with zero attached hydrogens (tertiary/aromatic N) is 1. The summed E-state index contributed by atoms with van der Waals surface area (Å²) in [5, 5.41) is 3.93. The molecular formula is C12H12N2OS. The lowest BCUT2D eigenvalue weighted by molar-refractivity contribution is 0.101. The van der Waals surface area contributed by atoms with Gasteiger partial charge in [-0.1, -0.05) is 18.2 Å². The van der Waals surface area contributed by atoms with Gasteiger partial charge in [0.2, 0.25) is 0 Å². The normalized spacial score (nSPS) is 10.1. The smallest absolute Gasteiger partial charge is 0.188 e. The molecule has 4 heteroatoms. The Bertz CT molecular complexity index is 505. The molecule has 1 aromatic carbocycles. The molecule has 1 heterocycles. The molecule has 0 saturated carbocycles. The van der Waals surface area contributed by atoms with Gasteiger partial charge in [-0.2, -0.15) is 0 Å². The number of carbonyl (C=O) groups is 1. The second-order valence-electron chi connectivity index (χ2n) is 3.47. The van der Waals surface area contributed by atoms with Gasteiger partial charge in [0.1, 0.15) is 5.69 Å². The van der Waals surface area contributed by atoms with E-state index in [1.54, 1.807) is 0 Å². The van der Waals surface area contributed by atoms with Gasteiger partial charge in [0.25, 0.3) is 0 Å². The minimum Gasteiger partial charge on any atom is -0.332 e. The molecule has 2 rings (SSSR count). The first kappa shape index (κ1) is 10.8. The Morgan fingerprint density at radius 1 is 1.31 bits per heavy atom. The lowest BCUT2D eigenvalue weighted by Crippen LogP contribution is -1.95. The van der Waals surface area contributed by atoms with Crippen LogP contribution < -0.4 is 5.32 Å². The molecule has 0 saturated heterocycles. The third-order valence-corrected chi connectivity index (χ3v) is 3.04. The molecule has 0 spiro atoms. The van der Waals surface area contributed by atoms with Crippen LogP contribution in [-0.4, -0.2) is 10.8 Å². The van der Waals surface area contributed by atoms with Crippen molar-refractivity contribution in [2.24, 2.45) is 0 Å². The highest BCUT2D eigenvalue weighted by molar-refractivity contribution is 7.15. The monoisotopic (exact) mass is 232 g/mol. The van der Waals surface area contributed by atoms with Crippen LogP contribution in [0.4, 0.5) is 10.8 Å². The van der Waals surface area contributed by atoms with Crippen LogP contribution in [0, 0.1) is 6.92 Å². The zero-order chi connectivity index (χ0) is 11.5. The summed E-state index contributed by atoms with van der Waals surface area (Å²) >= 11 is 1.49. The van der Waals surface area contributed by atoms with Crippen LogP contribution in [0.25, 0.3) is 0 Å². The molecule has 0 aliphatic heterocycles. The third-order valence-electron chi connectivity index (χ3n) is 2.16. The molecular weight excluding hydrogens is 220 g/mol. The van der Waals surface area contributed by atoms with Crippen LogP contribution >= 0.6 is 11.3 Å². The van der Waals surface area contributed by atoms with E-state index < -0.39 is 0 Å².